The molecule has 2 aromatic rings. The lowest BCUT2D eigenvalue weighted by Gasteiger charge is -2.35. The van der Waals surface area contributed by atoms with Crippen LogP contribution in [0.1, 0.15) is 51.6 Å². The van der Waals surface area contributed by atoms with Crippen LogP contribution in [0, 0.1) is 0 Å². The molecule has 1 atom stereocenters. The summed E-state index contributed by atoms with van der Waals surface area (Å²) in [6.45, 7) is 11.9. The van der Waals surface area contributed by atoms with E-state index in [4.69, 9.17) is 9.47 Å². The maximum absolute atomic E-state index is 12.5. The zero-order valence-electron chi connectivity index (χ0n) is 22.0. The third-order valence-electron chi connectivity index (χ3n) is 6.56. The molecular weight excluding hydrogens is 456 g/mol. The summed E-state index contributed by atoms with van der Waals surface area (Å²) in [5.74, 6) is -0.120. The van der Waals surface area contributed by atoms with Crippen LogP contribution in [-0.2, 0) is 9.59 Å². The van der Waals surface area contributed by atoms with E-state index in [0.29, 0.717) is 23.8 Å². The van der Waals surface area contributed by atoms with Gasteiger partial charge in [-0.3, -0.25) is 9.59 Å². The van der Waals surface area contributed by atoms with Gasteiger partial charge in [0.15, 0.2) is 11.5 Å². The summed E-state index contributed by atoms with van der Waals surface area (Å²) < 4.78 is 11.3. The Morgan fingerprint density at radius 3 is 2.31 bits per heavy atom. The monoisotopic (exact) mass is 496 g/mol. The predicted molar refractivity (Wildman–Crippen MR) is 144 cm³/mol. The standard InChI is InChI=1S/C28H40N4O4/c1-5-7-8-19-36-25-14-9-22(20-26(25)35-4)21(3)29-27(33)28(34)30-23-10-12-24(13-11-23)32-17-15-31(6-2)16-18-32/h9-14,20-21H,5-8,15-19H2,1-4H3,(H,29,33)(H,30,34)/t21-/m0/s1. The average molecular weight is 497 g/mol. The number of piperazine rings is 1. The fourth-order valence-electron chi connectivity index (χ4n) is 4.22. The maximum atomic E-state index is 12.5. The van der Waals surface area contributed by atoms with E-state index in [0.717, 1.165) is 63.2 Å². The van der Waals surface area contributed by atoms with Crippen LogP contribution in [0.4, 0.5) is 11.4 Å². The number of anilines is 2. The highest BCUT2D eigenvalue weighted by molar-refractivity contribution is 6.39. The van der Waals surface area contributed by atoms with Crippen molar-refractivity contribution in [3.8, 4) is 11.5 Å². The fraction of sp³-hybridized carbons (Fsp3) is 0.500. The van der Waals surface area contributed by atoms with Gasteiger partial charge in [0.1, 0.15) is 0 Å². The van der Waals surface area contributed by atoms with Gasteiger partial charge in [-0.25, -0.2) is 0 Å². The first-order valence-corrected chi connectivity index (χ1v) is 12.9. The van der Waals surface area contributed by atoms with Crippen molar-refractivity contribution in [2.24, 2.45) is 0 Å². The molecule has 0 aromatic heterocycles. The third-order valence-corrected chi connectivity index (χ3v) is 6.56. The molecular formula is C28H40N4O4. The number of amides is 2. The van der Waals surface area contributed by atoms with Crippen molar-refractivity contribution < 1.29 is 19.1 Å². The quantitative estimate of drug-likeness (QED) is 0.358. The average Bonchev–Trinajstić information content (AvgIpc) is 2.91. The van der Waals surface area contributed by atoms with Crippen LogP contribution in [-0.4, -0.2) is 63.2 Å². The van der Waals surface area contributed by atoms with Crippen molar-refractivity contribution >= 4 is 23.2 Å². The molecule has 1 fully saturated rings. The molecule has 36 heavy (non-hydrogen) atoms. The minimum absolute atomic E-state index is 0.379. The van der Waals surface area contributed by atoms with Gasteiger partial charge in [-0.1, -0.05) is 32.8 Å². The summed E-state index contributed by atoms with van der Waals surface area (Å²) in [7, 11) is 1.59. The smallest absolute Gasteiger partial charge is 0.313 e. The van der Waals surface area contributed by atoms with E-state index < -0.39 is 11.8 Å². The minimum Gasteiger partial charge on any atom is -0.493 e. The lowest BCUT2D eigenvalue weighted by Crippen LogP contribution is -2.46. The van der Waals surface area contributed by atoms with Gasteiger partial charge >= 0.3 is 11.8 Å². The number of nitrogens with one attached hydrogen (secondary N) is 2. The predicted octanol–water partition coefficient (Wildman–Crippen LogP) is 4.22. The van der Waals surface area contributed by atoms with Gasteiger partial charge in [-0.15, -0.1) is 0 Å². The highest BCUT2D eigenvalue weighted by atomic mass is 16.5. The van der Waals surface area contributed by atoms with E-state index in [1.807, 2.05) is 49.4 Å². The van der Waals surface area contributed by atoms with Crippen LogP contribution in [0.3, 0.4) is 0 Å². The fourth-order valence-corrected chi connectivity index (χ4v) is 4.22. The number of carbonyl (C=O) groups is 2. The Bertz CT molecular complexity index is 988. The molecule has 196 valence electrons. The second-order valence-electron chi connectivity index (χ2n) is 9.08. The van der Waals surface area contributed by atoms with E-state index in [2.05, 4.69) is 34.3 Å². The van der Waals surface area contributed by atoms with Crippen molar-refractivity contribution in [2.45, 2.75) is 46.1 Å². The van der Waals surface area contributed by atoms with Crippen molar-refractivity contribution in [1.82, 2.24) is 10.2 Å². The van der Waals surface area contributed by atoms with Crippen LogP contribution in [0.5, 0.6) is 11.5 Å². The zero-order chi connectivity index (χ0) is 25.9. The number of carbonyl (C=O) groups excluding carboxylic acids is 2. The van der Waals surface area contributed by atoms with Crippen LogP contribution in [0.25, 0.3) is 0 Å². The Hall–Kier alpha value is -3.26. The zero-order valence-corrected chi connectivity index (χ0v) is 22.0. The van der Waals surface area contributed by atoms with Gasteiger partial charge in [0, 0.05) is 37.6 Å². The molecule has 8 heteroatoms. The minimum atomic E-state index is -0.700. The van der Waals surface area contributed by atoms with Gasteiger partial charge < -0.3 is 29.9 Å². The molecule has 2 amide bonds. The number of hydrogen-bond donors (Lipinski definition) is 2. The topological polar surface area (TPSA) is 83.1 Å². The number of ether oxygens (including phenoxy) is 2. The van der Waals surface area contributed by atoms with Crippen LogP contribution < -0.4 is 25.0 Å². The lowest BCUT2D eigenvalue weighted by atomic mass is 10.1. The van der Waals surface area contributed by atoms with Gasteiger partial charge in [0.2, 0.25) is 0 Å². The second kappa shape index (κ2) is 13.7. The number of nitrogens with zero attached hydrogens (tertiary/aromatic N) is 2. The third kappa shape index (κ3) is 7.62. The summed E-state index contributed by atoms with van der Waals surface area (Å²) in [6.07, 6.45) is 3.24. The molecule has 0 unspecified atom stereocenters. The van der Waals surface area contributed by atoms with Crippen molar-refractivity contribution in [2.75, 3.05) is 56.7 Å². The molecule has 8 nitrogen and oxygen atoms in total. The van der Waals surface area contributed by atoms with E-state index in [9.17, 15) is 9.59 Å². The normalized spacial score (nSPS) is 14.7. The lowest BCUT2D eigenvalue weighted by molar-refractivity contribution is -0.136. The molecule has 1 aliphatic heterocycles. The Morgan fingerprint density at radius 2 is 1.67 bits per heavy atom. The largest absolute Gasteiger partial charge is 0.493 e. The molecule has 2 aromatic carbocycles. The van der Waals surface area contributed by atoms with Crippen LogP contribution in [0.2, 0.25) is 0 Å². The van der Waals surface area contributed by atoms with Crippen LogP contribution in [0.15, 0.2) is 42.5 Å². The summed E-state index contributed by atoms with van der Waals surface area (Å²) in [5, 5.41) is 5.45. The number of hydrogen-bond acceptors (Lipinski definition) is 6. The molecule has 0 radical (unpaired) electrons. The SMILES string of the molecule is CCCCCOc1ccc([C@H](C)NC(=O)C(=O)Nc2ccc(N3CCN(CC)CC3)cc2)cc1OC. The second-order valence-corrected chi connectivity index (χ2v) is 9.08. The number of benzene rings is 2. The molecule has 2 N–H and O–H groups in total. The first-order valence-electron chi connectivity index (χ1n) is 12.9. The van der Waals surface area contributed by atoms with Gasteiger partial charge in [-0.2, -0.15) is 0 Å². The molecule has 1 heterocycles. The van der Waals surface area contributed by atoms with Crippen molar-refractivity contribution in [1.29, 1.82) is 0 Å². The number of likely N-dealkylation sites (N-methyl/N-ethyl adjacent to an activating group) is 1. The Balaban J connectivity index is 1.51. The highest BCUT2D eigenvalue weighted by Gasteiger charge is 2.19. The van der Waals surface area contributed by atoms with Crippen molar-refractivity contribution in [3.63, 3.8) is 0 Å². The van der Waals surface area contributed by atoms with Gasteiger partial charge in [0.25, 0.3) is 0 Å². The van der Waals surface area contributed by atoms with Gasteiger partial charge in [-0.05, 0) is 61.9 Å². The van der Waals surface area contributed by atoms with Crippen LogP contribution >= 0.6 is 0 Å². The Kier molecular flexibility index (Phi) is 10.4. The van der Waals surface area contributed by atoms with E-state index in [1.54, 1.807) is 7.11 Å². The highest BCUT2D eigenvalue weighted by Crippen LogP contribution is 2.30. The Labute approximate surface area is 214 Å². The van der Waals surface area contributed by atoms with E-state index in [-0.39, 0.29) is 6.04 Å². The number of methoxy groups -OCH3 is 1. The first kappa shape index (κ1) is 27.3. The van der Waals surface area contributed by atoms with E-state index in [1.165, 1.54) is 0 Å². The van der Waals surface area contributed by atoms with Gasteiger partial charge in [0.05, 0.1) is 19.8 Å². The summed E-state index contributed by atoms with van der Waals surface area (Å²) in [6, 6.07) is 12.8. The molecule has 0 aliphatic carbocycles. The number of rotatable bonds is 11. The molecule has 3 rings (SSSR count). The molecule has 0 saturated carbocycles. The van der Waals surface area contributed by atoms with Crippen molar-refractivity contribution in [3.05, 3.63) is 48.0 Å². The molecule has 0 spiro atoms. The number of unbranched alkanes of at least 4 members (excludes halogenated alkanes) is 2. The molecule has 1 saturated heterocycles. The molecule has 0 bridgehead atoms. The Morgan fingerprint density at radius 1 is 0.944 bits per heavy atom. The maximum Gasteiger partial charge on any atom is 0.313 e. The summed E-state index contributed by atoms with van der Waals surface area (Å²) in [4.78, 5) is 29.8. The summed E-state index contributed by atoms with van der Waals surface area (Å²) >= 11 is 0. The first-order chi connectivity index (χ1) is 17.4. The van der Waals surface area contributed by atoms with E-state index >= 15 is 0 Å². The molecule has 1 aliphatic rings. The summed E-state index contributed by atoms with van der Waals surface area (Å²) in [5.41, 5.74) is 2.53.